The van der Waals surface area contributed by atoms with E-state index < -0.39 is 11.9 Å². The van der Waals surface area contributed by atoms with Crippen molar-refractivity contribution in [1.29, 1.82) is 0 Å². The van der Waals surface area contributed by atoms with Crippen molar-refractivity contribution in [3.05, 3.63) is 93.1 Å². The molecule has 0 fully saturated rings. The van der Waals surface area contributed by atoms with Gasteiger partial charge in [0.05, 0.1) is 38.3 Å². The normalized spacial score (nSPS) is 12.4. The van der Waals surface area contributed by atoms with Crippen LogP contribution in [0.5, 0.6) is 23.0 Å². The fraction of sp³-hybridized carbons (Fsp3) is 0.286. The molecular weight excluding hydrogens is 612 g/mol. The van der Waals surface area contributed by atoms with Gasteiger partial charge in [-0.2, -0.15) is 5.10 Å². The lowest BCUT2D eigenvalue weighted by atomic mass is 9.98. The Balaban J connectivity index is 1.59. The van der Waals surface area contributed by atoms with Gasteiger partial charge in [0.25, 0.3) is 0 Å². The standard InChI is InChI=1S/C35H35ClN2O8/c1-4-5-12-38-33(27-10-9-25(43-2)18-32(27)46-20-28-26(35(41)42)7-6-8-29(28)36)24(19-37-38)15-23(34(39)40)14-22-17-31-21(11-13-45-31)16-30(22)44-3/h6-10,15-19H,4-5,11-14,20H2,1-3H3,(H,39,40)(H,41,42). The van der Waals surface area contributed by atoms with E-state index >= 15 is 0 Å². The van der Waals surface area contributed by atoms with Crippen molar-refractivity contribution < 1.29 is 38.7 Å². The van der Waals surface area contributed by atoms with Crippen LogP contribution in [0.2, 0.25) is 5.02 Å². The summed E-state index contributed by atoms with van der Waals surface area (Å²) in [6, 6.07) is 13.7. The highest BCUT2D eigenvalue weighted by molar-refractivity contribution is 6.31. The molecule has 2 N–H and O–H groups in total. The van der Waals surface area contributed by atoms with Crippen molar-refractivity contribution in [3.63, 3.8) is 0 Å². The summed E-state index contributed by atoms with van der Waals surface area (Å²) in [5, 5.41) is 24.9. The van der Waals surface area contributed by atoms with Gasteiger partial charge >= 0.3 is 11.9 Å². The Bertz CT molecular complexity index is 1800. The van der Waals surface area contributed by atoms with Crippen LogP contribution in [0.3, 0.4) is 0 Å². The SMILES string of the molecule is CCCCn1ncc(C=C(Cc2cc3c(cc2OC)CCO3)C(=O)O)c1-c1ccc(OC)cc1OCc1c(Cl)cccc1C(=O)O. The van der Waals surface area contributed by atoms with Crippen LogP contribution in [0, 0.1) is 0 Å². The molecule has 5 rings (SSSR count). The van der Waals surface area contributed by atoms with Gasteiger partial charge in [-0.05, 0) is 48.9 Å². The molecule has 2 heterocycles. The summed E-state index contributed by atoms with van der Waals surface area (Å²) in [5.74, 6) is 0.0364. The van der Waals surface area contributed by atoms with Crippen LogP contribution in [-0.4, -0.2) is 52.8 Å². The molecule has 1 aliphatic rings. The highest BCUT2D eigenvalue weighted by Crippen LogP contribution is 2.39. The van der Waals surface area contributed by atoms with E-state index in [1.165, 1.54) is 13.2 Å². The van der Waals surface area contributed by atoms with Crippen LogP contribution >= 0.6 is 11.6 Å². The number of aliphatic carboxylic acids is 1. The van der Waals surface area contributed by atoms with Gasteiger partial charge in [-0.1, -0.05) is 31.0 Å². The van der Waals surface area contributed by atoms with Gasteiger partial charge in [0, 0.05) is 63.9 Å². The number of carboxylic acids is 2. The summed E-state index contributed by atoms with van der Waals surface area (Å²) in [4.78, 5) is 24.5. The zero-order valence-electron chi connectivity index (χ0n) is 25.8. The monoisotopic (exact) mass is 646 g/mol. The zero-order valence-corrected chi connectivity index (χ0v) is 26.6. The smallest absolute Gasteiger partial charge is 0.336 e. The number of halogens is 1. The van der Waals surface area contributed by atoms with E-state index in [4.69, 9.17) is 30.5 Å². The Morgan fingerprint density at radius 2 is 1.91 bits per heavy atom. The van der Waals surface area contributed by atoms with Crippen molar-refractivity contribution in [2.24, 2.45) is 0 Å². The second kappa shape index (κ2) is 14.4. The second-order valence-electron chi connectivity index (χ2n) is 10.8. The quantitative estimate of drug-likeness (QED) is 0.140. The van der Waals surface area contributed by atoms with Crippen LogP contribution in [-0.2, 0) is 30.8 Å². The van der Waals surface area contributed by atoms with Crippen LogP contribution in [0.4, 0.5) is 0 Å². The molecule has 3 aromatic carbocycles. The molecule has 1 aromatic heterocycles. The number of ether oxygens (including phenoxy) is 4. The summed E-state index contributed by atoms with van der Waals surface area (Å²) < 4.78 is 24.9. The van der Waals surface area contributed by atoms with Crippen molar-refractivity contribution in [2.45, 2.75) is 45.8 Å². The number of rotatable bonds is 14. The van der Waals surface area contributed by atoms with Crippen LogP contribution in [0.15, 0.2) is 60.3 Å². The number of hydrogen-bond donors (Lipinski definition) is 2. The molecule has 1 aliphatic heterocycles. The molecule has 0 radical (unpaired) electrons. The number of fused-ring (bicyclic) bond motifs is 1. The molecule has 46 heavy (non-hydrogen) atoms. The second-order valence-corrected chi connectivity index (χ2v) is 11.2. The summed E-state index contributed by atoms with van der Waals surface area (Å²) >= 11 is 6.39. The molecule has 0 spiro atoms. The number of hydrogen-bond acceptors (Lipinski definition) is 7. The van der Waals surface area contributed by atoms with E-state index in [0.717, 1.165) is 30.6 Å². The molecule has 0 unspecified atom stereocenters. The lowest BCUT2D eigenvalue weighted by Gasteiger charge is -2.17. The number of aryl methyl sites for hydroxylation is 1. The number of benzene rings is 3. The Hall–Kier alpha value is -4.96. The first-order chi connectivity index (χ1) is 22.2. The molecule has 0 saturated heterocycles. The molecule has 0 amide bonds. The highest BCUT2D eigenvalue weighted by atomic mass is 35.5. The number of nitrogens with zero attached hydrogens (tertiary/aromatic N) is 2. The molecule has 10 nitrogen and oxygen atoms in total. The minimum Gasteiger partial charge on any atom is -0.497 e. The minimum absolute atomic E-state index is 0.0343. The molecule has 11 heteroatoms. The van der Waals surface area contributed by atoms with Gasteiger partial charge in [0.15, 0.2) is 0 Å². The number of carbonyl (C=O) groups is 2. The number of unbranched alkanes of at least 4 members (excludes halogenated alkanes) is 1. The summed E-state index contributed by atoms with van der Waals surface area (Å²) in [6.45, 7) is 3.10. The van der Waals surface area contributed by atoms with E-state index in [1.54, 1.807) is 43.6 Å². The topological polar surface area (TPSA) is 129 Å². The van der Waals surface area contributed by atoms with Gasteiger partial charge in [0.2, 0.25) is 0 Å². The van der Waals surface area contributed by atoms with Crippen molar-refractivity contribution in [2.75, 3.05) is 20.8 Å². The largest absolute Gasteiger partial charge is 0.497 e. The van der Waals surface area contributed by atoms with Gasteiger partial charge in [-0.3, -0.25) is 4.68 Å². The lowest BCUT2D eigenvalue weighted by Crippen LogP contribution is -2.08. The predicted octanol–water partition coefficient (Wildman–Crippen LogP) is 6.94. The minimum atomic E-state index is -1.12. The molecule has 240 valence electrons. The Morgan fingerprint density at radius 3 is 2.63 bits per heavy atom. The van der Waals surface area contributed by atoms with Crippen molar-refractivity contribution in [1.82, 2.24) is 9.78 Å². The van der Waals surface area contributed by atoms with Gasteiger partial charge in [0.1, 0.15) is 29.6 Å². The molecule has 4 aromatic rings. The third-order valence-electron chi connectivity index (χ3n) is 7.83. The first kappa shape index (κ1) is 32.4. The van der Waals surface area contributed by atoms with Crippen LogP contribution < -0.4 is 18.9 Å². The predicted molar refractivity (Wildman–Crippen MR) is 173 cm³/mol. The summed E-state index contributed by atoms with van der Waals surface area (Å²) in [5.41, 5.74) is 4.05. The van der Waals surface area contributed by atoms with Gasteiger partial charge in [-0.25, -0.2) is 9.59 Å². The average Bonchev–Trinajstić information content (AvgIpc) is 3.68. The zero-order chi connectivity index (χ0) is 32.8. The van der Waals surface area contributed by atoms with E-state index in [1.807, 2.05) is 22.9 Å². The number of aromatic nitrogens is 2. The van der Waals surface area contributed by atoms with Gasteiger partial charge < -0.3 is 29.2 Å². The summed E-state index contributed by atoms with van der Waals surface area (Å²) in [6.07, 6.45) is 5.87. The number of aromatic carboxylic acids is 1. The maximum atomic E-state index is 12.6. The van der Waals surface area contributed by atoms with E-state index in [9.17, 15) is 19.8 Å². The first-order valence-electron chi connectivity index (χ1n) is 14.9. The lowest BCUT2D eigenvalue weighted by molar-refractivity contribution is -0.132. The molecule has 0 bridgehead atoms. The van der Waals surface area contributed by atoms with E-state index in [0.29, 0.717) is 58.3 Å². The first-order valence-corrected chi connectivity index (χ1v) is 15.3. The van der Waals surface area contributed by atoms with Crippen molar-refractivity contribution >= 4 is 29.6 Å². The molecule has 0 atom stereocenters. The van der Waals surface area contributed by atoms with Crippen LogP contribution in [0.25, 0.3) is 17.3 Å². The Morgan fingerprint density at radius 1 is 1.09 bits per heavy atom. The molecule has 0 aliphatic carbocycles. The number of methoxy groups -OCH3 is 2. The Kier molecular flexibility index (Phi) is 10.2. The third-order valence-corrected chi connectivity index (χ3v) is 8.19. The highest BCUT2D eigenvalue weighted by Gasteiger charge is 2.23. The Labute approximate surface area is 271 Å². The van der Waals surface area contributed by atoms with E-state index in [2.05, 4.69) is 12.0 Å². The van der Waals surface area contributed by atoms with Gasteiger partial charge in [-0.15, -0.1) is 0 Å². The average molecular weight is 647 g/mol. The summed E-state index contributed by atoms with van der Waals surface area (Å²) in [7, 11) is 3.10. The number of carboxylic acid groups (broad SMARTS) is 2. The maximum Gasteiger partial charge on any atom is 0.336 e. The molecular formula is C35H35ClN2O8. The van der Waals surface area contributed by atoms with Crippen LogP contribution in [0.1, 0.15) is 52.4 Å². The maximum absolute atomic E-state index is 12.6. The van der Waals surface area contributed by atoms with Crippen molar-refractivity contribution in [3.8, 4) is 34.3 Å². The third kappa shape index (κ3) is 6.97. The molecule has 0 saturated carbocycles. The van der Waals surface area contributed by atoms with E-state index in [-0.39, 0.29) is 29.2 Å². The fourth-order valence-electron chi connectivity index (χ4n) is 5.43. The fourth-order valence-corrected chi connectivity index (χ4v) is 5.66.